The largest absolute Gasteiger partial charge is 0.397 e. The second kappa shape index (κ2) is 5.10. The number of anilines is 2. The zero-order valence-corrected chi connectivity index (χ0v) is 10.6. The molecule has 1 aromatic carbocycles. The normalized spacial score (nSPS) is 10.3. The molecule has 94 valence electrons. The van der Waals surface area contributed by atoms with Crippen molar-refractivity contribution in [2.24, 2.45) is 0 Å². The van der Waals surface area contributed by atoms with Gasteiger partial charge >= 0.3 is 0 Å². The molecule has 0 saturated heterocycles. The monoisotopic (exact) mass is 264 g/mol. The number of aromatic amines is 1. The zero-order valence-electron chi connectivity index (χ0n) is 9.83. The highest BCUT2D eigenvalue weighted by Crippen LogP contribution is 2.23. The first-order valence-corrected chi connectivity index (χ1v) is 5.88. The molecule has 0 atom stereocenters. The number of carbonyl (C=O) groups excluding carboxylic acids is 1. The summed E-state index contributed by atoms with van der Waals surface area (Å²) in [6.07, 6.45) is 2.45. The number of aryl methyl sites for hydroxylation is 1. The topological polar surface area (TPSA) is 83.8 Å². The van der Waals surface area contributed by atoms with Crippen LogP contribution in [-0.2, 0) is 6.42 Å². The van der Waals surface area contributed by atoms with E-state index in [1.54, 1.807) is 24.4 Å². The SMILES string of the molecule is CCc1cn[nH]c1NC(=O)c1cccc(Cl)c1N. The van der Waals surface area contributed by atoms with E-state index >= 15 is 0 Å². The maximum Gasteiger partial charge on any atom is 0.258 e. The van der Waals surface area contributed by atoms with Gasteiger partial charge in [-0.1, -0.05) is 24.6 Å². The molecule has 0 aliphatic carbocycles. The second-order valence-electron chi connectivity index (χ2n) is 3.78. The van der Waals surface area contributed by atoms with Crippen molar-refractivity contribution in [3.63, 3.8) is 0 Å². The molecule has 2 rings (SSSR count). The molecule has 1 heterocycles. The molecule has 6 heteroatoms. The number of rotatable bonds is 3. The van der Waals surface area contributed by atoms with Crippen LogP contribution in [0.2, 0.25) is 5.02 Å². The summed E-state index contributed by atoms with van der Waals surface area (Å²) in [6, 6.07) is 4.95. The highest BCUT2D eigenvalue weighted by molar-refractivity contribution is 6.34. The number of H-pyrrole nitrogens is 1. The van der Waals surface area contributed by atoms with E-state index in [2.05, 4.69) is 15.5 Å². The summed E-state index contributed by atoms with van der Waals surface area (Å²) >= 11 is 5.87. The Morgan fingerprint density at radius 3 is 3.06 bits per heavy atom. The Labute approximate surface area is 109 Å². The lowest BCUT2D eigenvalue weighted by atomic mass is 10.1. The number of aromatic nitrogens is 2. The van der Waals surface area contributed by atoms with Crippen molar-refractivity contribution >= 4 is 29.0 Å². The van der Waals surface area contributed by atoms with E-state index in [9.17, 15) is 4.79 Å². The smallest absolute Gasteiger partial charge is 0.258 e. The van der Waals surface area contributed by atoms with Crippen LogP contribution in [0.4, 0.5) is 11.5 Å². The van der Waals surface area contributed by atoms with Gasteiger partial charge in [-0.05, 0) is 18.6 Å². The van der Waals surface area contributed by atoms with Gasteiger partial charge in [-0.2, -0.15) is 5.10 Å². The highest BCUT2D eigenvalue weighted by Gasteiger charge is 2.14. The minimum atomic E-state index is -0.311. The fourth-order valence-corrected chi connectivity index (χ4v) is 1.78. The predicted molar refractivity (Wildman–Crippen MR) is 71.8 cm³/mol. The molecule has 5 nitrogen and oxygen atoms in total. The molecular weight excluding hydrogens is 252 g/mol. The third kappa shape index (κ3) is 2.31. The number of hydrogen-bond donors (Lipinski definition) is 3. The molecule has 18 heavy (non-hydrogen) atoms. The van der Waals surface area contributed by atoms with Gasteiger partial charge in [0.2, 0.25) is 0 Å². The summed E-state index contributed by atoms with van der Waals surface area (Å²) in [7, 11) is 0. The predicted octanol–water partition coefficient (Wildman–Crippen LogP) is 2.46. The third-order valence-electron chi connectivity index (χ3n) is 2.63. The molecule has 4 N–H and O–H groups in total. The first kappa shape index (κ1) is 12.4. The van der Waals surface area contributed by atoms with Crippen LogP contribution in [0.25, 0.3) is 0 Å². The Kier molecular flexibility index (Phi) is 3.53. The number of amides is 1. The van der Waals surface area contributed by atoms with Crippen molar-refractivity contribution in [1.82, 2.24) is 10.2 Å². The molecule has 0 bridgehead atoms. The summed E-state index contributed by atoms with van der Waals surface area (Å²) in [5.41, 5.74) is 7.32. The van der Waals surface area contributed by atoms with E-state index in [1.165, 1.54) is 0 Å². The number of para-hydroxylation sites is 1. The van der Waals surface area contributed by atoms with Gasteiger partial charge in [0.1, 0.15) is 5.82 Å². The molecule has 1 amide bonds. The zero-order chi connectivity index (χ0) is 13.1. The number of carbonyl (C=O) groups is 1. The van der Waals surface area contributed by atoms with Crippen LogP contribution in [0.1, 0.15) is 22.8 Å². The van der Waals surface area contributed by atoms with Crippen LogP contribution in [-0.4, -0.2) is 16.1 Å². The average Bonchev–Trinajstić information content (AvgIpc) is 2.79. The maximum absolute atomic E-state index is 12.1. The van der Waals surface area contributed by atoms with E-state index in [1.807, 2.05) is 6.92 Å². The molecule has 0 unspecified atom stereocenters. The summed E-state index contributed by atoms with van der Waals surface area (Å²) < 4.78 is 0. The van der Waals surface area contributed by atoms with Crippen LogP contribution in [0, 0.1) is 0 Å². The third-order valence-corrected chi connectivity index (χ3v) is 2.96. The Morgan fingerprint density at radius 2 is 2.33 bits per heavy atom. The molecule has 2 aromatic rings. The highest BCUT2D eigenvalue weighted by atomic mass is 35.5. The fraction of sp³-hybridized carbons (Fsp3) is 0.167. The first-order chi connectivity index (χ1) is 8.63. The number of nitrogens with two attached hydrogens (primary N) is 1. The van der Waals surface area contributed by atoms with Crippen molar-refractivity contribution in [1.29, 1.82) is 0 Å². The quantitative estimate of drug-likeness (QED) is 0.745. The van der Waals surface area contributed by atoms with Crippen LogP contribution in [0.15, 0.2) is 24.4 Å². The number of nitrogen functional groups attached to an aromatic ring is 1. The lowest BCUT2D eigenvalue weighted by Crippen LogP contribution is -2.15. The summed E-state index contributed by atoms with van der Waals surface area (Å²) in [5.74, 6) is 0.274. The average molecular weight is 265 g/mol. The number of nitrogens with one attached hydrogen (secondary N) is 2. The Morgan fingerprint density at radius 1 is 1.56 bits per heavy atom. The minimum absolute atomic E-state index is 0.272. The van der Waals surface area contributed by atoms with Gasteiger partial charge in [-0.15, -0.1) is 0 Å². The van der Waals surface area contributed by atoms with E-state index in [0.29, 0.717) is 16.4 Å². The molecule has 0 radical (unpaired) electrons. The van der Waals surface area contributed by atoms with Gasteiger partial charge in [0.05, 0.1) is 22.5 Å². The van der Waals surface area contributed by atoms with Gasteiger partial charge in [-0.25, -0.2) is 0 Å². The molecule has 0 aliphatic heterocycles. The Hall–Kier alpha value is -2.01. The van der Waals surface area contributed by atoms with E-state index in [-0.39, 0.29) is 11.6 Å². The molecule has 1 aromatic heterocycles. The maximum atomic E-state index is 12.1. The van der Waals surface area contributed by atoms with E-state index in [4.69, 9.17) is 17.3 Å². The second-order valence-corrected chi connectivity index (χ2v) is 4.19. The van der Waals surface area contributed by atoms with Gasteiger partial charge in [0, 0.05) is 5.56 Å². The number of hydrogen-bond acceptors (Lipinski definition) is 3. The summed E-state index contributed by atoms with van der Waals surface area (Å²) in [5, 5.41) is 9.71. The van der Waals surface area contributed by atoms with Crippen LogP contribution >= 0.6 is 11.6 Å². The van der Waals surface area contributed by atoms with Crippen molar-refractivity contribution in [3.05, 3.63) is 40.5 Å². The van der Waals surface area contributed by atoms with Crippen LogP contribution in [0.5, 0.6) is 0 Å². The Balaban J connectivity index is 2.25. The number of nitrogens with zero attached hydrogens (tertiary/aromatic N) is 1. The lowest BCUT2D eigenvalue weighted by molar-refractivity contribution is 0.102. The summed E-state index contributed by atoms with van der Waals surface area (Å²) in [4.78, 5) is 12.1. The molecule has 0 aliphatic rings. The van der Waals surface area contributed by atoms with Crippen molar-refractivity contribution in [2.75, 3.05) is 11.1 Å². The number of halogens is 1. The molecular formula is C12H13ClN4O. The first-order valence-electron chi connectivity index (χ1n) is 5.51. The van der Waals surface area contributed by atoms with Gasteiger partial charge in [0.25, 0.3) is 5.91 Å². The van der Waals surface area contributed by atoms with Crippen LogP contribution < -0.4 is 11.1 Å². The van der Waals surface area contributed by atoms with E-state index < -0.39 is 0 Å². The van der Waals surface area contributed by atoms with Gasteiger partial charge < -0.3 is 11.1 Å². The molecule has 0 saturated carbocycles. The van der Waals surface area contributed by atoms with Gasteiger partial charge in [-0.3, -0.25) is 9.89 Å². The van der Waals surface area contributed by atoms with Crippen LogP contribution in [0.3, 0.4) is 0 Å². The van der Waals surface area contributed by atoms with Gasteiger partial charge in [0.15, 0.2) is 0 Å². The van der Waals surface area contributed by atoms with E-state index in [0.717, 1.165) is 12.0 Å². The molecule has 0 spiro atoms. The number of benzene rings is 1. The summed E-state index contributed by atoms with van der Waals surface area (Å²) in [6.45, 7) is 1.98. The molecule has 0 fully saturated rings. The van der Waals surface area contributed by atoms with Crippen molar-refractivity contribution in [3.8, 4) is 0 Å². The standard InChI is InChI=1S/C12H13ClN4O/c1-2-7-6-15-17-11(7)16-12(18)8-4-3-5-9(13)10(8)14/h3-6H,2,14H2,1H3,(H2,15,16,17,18). The van der Waals surface area contributed by atoms with Crippen molar-refractivity contribution in [2.45, 2.75) is 13.3 Å². The Bertz CT molecular complexity index is 579. The minimum Gasteiger partial charge on any atom is -0.397 e. The van der Waals surface area contributed by atoms with Crippen molar-refractivity contribution < 1.29 is 4.79 Å². The lowest BCUT2D eigenvalue weighted by Gasteiger charge is -2.08. The fourth-order valence-electron chi connectivity index (χ4n) is 1.60.